The molecule has 5 rings (SSSR count). The predicted octanol–water partition coefficient (Wildman–Crippen LogP) is 5.31. The van der Waals surface area contributed by atoms with Crippen LogP contribution < -0.4 is 15.3 Å². The Bertz CT molecular complexity index is 1640. The molecule has 3 N–H and O–H groups in total. The van der Waals surface area contributed by atoms with Crippen LogP contribution in [0.1, 0.15) is 18.1 Å². The molecule has 10 nitrogen and oxygen atoms in total. The van der Waals surface area contributed by atoms with Crippen molar-refractivity contribution in [1.29, 1.82) is 0 Å². The highest BCUT2D eigenvalue weighted by atomic mass is 31.2. The zero-order valence-electron chi connectivity index (χ0n) is 22.6. The number of nitrogens with zero attached hydrogens (tertiary/aromatic N) is 4. The molecule has 0 aliphatic rings. The maximum absolute atomic E-state index is 14.1. The predicted molar refractivity (Wildman–Crippen MR) is 156 cm³/mol. The molecule has 0 spiro atoms. The Morgan fingerprint density at radius 3 is 2.70 bits per heavy atom. The third-order valence-electron chi connectivity index (χ3n) is 6.53. The van der Waals surface area contributed by atoms with Gasteiger partial charge < -0.3 is 24.3 Å². The Balaban J connectivity index is 1.25. The number of nitrogens with two attached hydrogens (primary N) is 1. The third-order valence-corrected chi connectivity index (χ3v) is 8.21. The number of imidazole rings is 1. The molecule has 0 saturated heterocycles. The number of rotatable bonds is 13. The molecule has 208 valence electrons. The van der Waals surface area contributed by atoms with Crippen molar-refractivity contribution in [2.24, 2.45) is 0 Å². The Hall–Kier alpha value is -3.82. The van der Waals surface area contributed by atoms with Crippen LogP contribution in [0.2, 0.25) is 0 Å². The van der Waals surface area contributed by atoms with Crippen molar-refractivity contribution in [1.82, 2.24) is 24.6 Å². The molecule has 5 aromatic rings. The second-order valence-electron chi connectivity index (χ2n) is 9.56. The number of aromatic nitrogens is 4. The van der Waals surface area contributed by atoms with Gasteiger partial charge in [0.15, 0.2) is 11.5 Å². The van der Waals surface area contributed by atoms with Crippen molar-refractivity contribution in [2.75, 3.05) is 25.2 Å². The average molecular weight is 561 g/mol. The highest BCUT2D eigenvalue weighted by Crippen LogP contribution is 2.45. The lowest BCUT2D eigenvalue weighted by Gasteiger charge is -2.23. The number of ether oxygens (including phenoxy) is 2. The van der Waals surface area contributed by atoms with E-state index in [9.17, 15) is 4.57 Å². The standard InChI is InChI=1S/C29H33N6O4P/c1-21-8-3-4-10-24(21)17-37-15-14-34-40(36,39-26-13-7-11-23-9-5-6-12-25(23)26)20-38-22(2)16-35-19-33-27-28(30)31-18-32-29(27)35/h3-13,18-19,22H,14-17,20H2,1-2H3,(H,34,36)(H2,30,31,32)/t22-,40?/m1/s1. The minimum absolute atomic E-state index is 0.140. The van der Waals surface area contributed by atoms with Gasteiger partial charge in [0.1, 0.15) is 23.9 Å². The van der Waals surface area contributed by atoms with Crippen molar-refractivity contribution in [3.63, 3.8) is 0 Å². The molecule has 0 fully saturated rings. The van der Waals surface area contributed by atoms with Crippen LogP contribution in [0.3, 0.4) is 0 Å². The van der Waals surface area contributed by atoms with E-state index in [1.165, 1.54) is 11.9 Å². The van der Waals surface area contributed by atoms with E-state index in [4.69, 9.17) is 19.7 Å². The van der Waals surface area contributed by atoms with Crippen LogP contribution in [0.15, 0.2) is 79.4 Å². The van der Waals surface area contributed by atoms with Crippen LogP contribution in [0, 0.1) is 6.92 Å². The van der Waals surface area contributed by atoms with Crippen molar-refractivity contribution < 1.29 is 18.6 Å². The van der Waals surface area contributed by atoms with Crippen LogP contribution in [0.5, 0.6) is 5.75 Å². The van der Waals surface area contributed by atoms with E-state index in [-0.39, 0.29) is 12.5 Å². The molecular weight excluding hydrogens is 527 g/mol. The van der Waals surface area contributed by atoms with Crippen LogP contribution in [-0.4, -0.2) is 45.1 Å². The summed E-state index contributed by atoms with van der Waals surface area (Å²) in [5, 5.41) is 4.96. The van der Waals surface area contributed by atoms with E-state index in [2.05, 4.69) is 33.0 Å². The van der Waals surface area contributed by atoms with E-state index >= 15 is 0 Å². The summed E-state index contributed by atoms with van der Waals surface area (Å²) in [6, 6.07) is 21.6. The van der Waals surface area contributed by atoms with E-state index in [1.54, 1.807) is 6.33 Å². The summed E-state index contributed by atoms with van der Waals surface area (Å²) in [6.07, 6.45) is 2.58. The molecule has 40 heavy (non-hydrogen) atoms. The number of hydrogen-bond acceptors (Lipinski definition) is 8. The van der Waals surface area contributed by atoms with E-state index < -0.39 is 7.52 Å². The number of fused-ring (bicyclic) bond motifs is 2. The Morgan fingerprint density at radius 1 is 1.02 bits per heavy atom. The van der Waals surface area contributed by atoms with Gasteiger partial charge in [-0.15, -0.1) is 0 Å². The first-order chi connectivity index (χ1) is 19.4. The van der Waals surface area contributed by atoms with Crippen LogP contribution >= 0.6 is 7.52 Å². The molecule has 2 aromatic heterocycles. The maximum Gasteiger partial charge on any atom is 0.342 e. The fourth-order valence-corrected chi connectivity index (χ4v) is 5.94. The van der Waals surface area contributed by atoms with E-state index in [1.807, 2.05) is 72.2 Å². The Labute approximate surface area is 233 Å². The molecule has 0 aliphatic heterocycles. The summed E-state index contributed by atoms with van der Waals surface area (Å²) in [6.45, 7) is 5.53. The van der Waals surface area contributed by atoms with Gasteiger partial charge in [-0.1, -0.05) is 60.7 Å². The molecule has 0 aliphatic carbocycles. The van der Waals surface area contributed by atoms with E-state index in [0.717, 1.165) is 16.3 Å². The average Bonchev–Trinajstić information content (AvgIpc) is 3.37. The Kier molecular flexibility index (Phi) is 8.72. The van der Waals surface area contributed by atoms with Crippen molar-refractivity contribution in [3.8, 4) is 5.75 Å². The SMILES string of the molecule is Cc1ccccc1COCCNP(=O)(CO[C@H](C)Cn1cnc2c(N)ncnc21)Oc1cccc2ccccc12. The number of benzene rings is 3. The van der Waals surface area contributed by atoms with Gasteiger partial charge in [0.2, 0.25) is 0 Å². The fourth-order valence-electron chi connectivity index (χ4n) is 4.37. The van der Waals surface area contributed by atoms with Crippen LogP contribution in [0.4, 0.5) is 5.82 Å². The molecule has 11 heteroatoms. The zero-order valence-corrected chi connectivity index (χ0v) is 23.5. The number of aryl methyl sites for hydroxylation is 1. The minimum Gasteiger partial charge on any atom is -0.431 e. The summed E-state index contributed by atoms with van der Waals surface area (Å²) in [5.41, 5.74) is 9.34. The van der Waals surface area contributed by atoms with Gasteiger partial charge in [0.25, 0.3) is 0 Å². The highest BCUT2D eigenvalue weighted by Gasteiger charge is 2.27. The van der Waals surface area contributed by atoms with Gasteiger partial charge in [0.05, 0.1) is 32.2 Å². The first kappa shape index (κ1) is 27.7. The molecule has 1 unspecified atom stereocenters. The van der Waals surface area contributed by atoms with Crippen LogP contribution in [-0.2, 0) is 27.2 Å². The summed E-state index contributed by atoms with van der Waals surface area (Å²) in [7, 11) is -3.49. The quantitative estimate of drug-likeness (QED) is 0.145. The second kappa shape index (κ2) is 12.6. The molecule has 0 amide bonds. The minimum atomic E-state index is -3.49. The maximum atomic E-state index is 14.1. The molecule has 0 bridgehead atoms. The number of nitrogens with one attached hydrogen (secondary N) is 1. The third kappa shape index (κ3) is 6.66. The van der Waals surface area contributed by atoms with Crippen LogP contribution in [0.25, 0.3) is 21.9 Å². The smallest absolute Gasteiger partial charge is 0.342 e. The topological polar surface area (TPSA) is 126 Å². The first-order valence-electron chi connectivity index (χ1n) is 13.1. The van der Waals surface area contributed by atoms with Gasteiger partial charge in [-0.2, -0.15) is 0 Å². The summed E-state index contributed by atoms with van der Waals surface area (Å²) >= 11 is 0. The van der Waals surface area contributed by atoms with Gasteiger partial charge in [-0.3, -0.25) is 4.57 Å². The molecule has 0 saturated carbocycles. The molecule has 0 radical (unpaired) electrons. The van der Waals surface area contributed by atoms with Gasteiger partial charge >= 0.3 is 7.52 Å². The molecule has 2 atom stereocenters. The van der Waals surface area contributed by atoms with Gasteiger partial charge in [-0.05, 0) is 36.4 Å². The summed E-state index contributed by atoms with van der Waals surface area (Å²) < 4.78 is 34.0. The van der Waals surface area contributed by atoms with Crippen molar-refractivity contribution in [3.05, 3.63) is 90.5 Å². The normalized spacial score (nSPS) is 13.8. The summed E-state index contributed by atoms with van der Waals surface area (Å²) in [5.74, 6) is 0.845. The lowest BCUT2D eigenvalue weighted by molar-refractivity contribution is 0.0815. The molecular formula is C29H33N6O4P. The fraction of sp³-hybridized carbons (Fsp3) is 0.276. The van der Waals surface area contributed by atoms with E-state index in [0.29, 0.717) is 49.0 Å². The summed E-state index contributed by atoms with van der Waals surface area (Å²) in [4.78, 5) is 12.6. The van der Waals surface area contributed by atoms with Crippen molar-refractivity contribution in [2.45, 2.75) is 33.1 Å². The first-order valence-corrected chi connectivity index (χ1v) is 14.9. The second-order valence-corrected chi connectivity index (χ2v) is 11.7. The highest BCUT2D eigenvalue weighted by molar-refractivity contribution is 7.57. The number of anilines is 1. The molecule has 3 aromatic carbocycles. The lowest BCUT2D eigenvalue weighted by atomic mass is 10.1. The number of hydrogen-bond donors (Lipinski definition) is 2. The lowest BCUT2D eigenvalue weighted by Crippen LogP contribution is -2.25. The zero-order chi connectivity index (χ0) is 28.0. The van der Waals surface area contributed by atoms with Gasteiger partial charge in [0, 0.05) is 11.9 Å². The van der Waals surface area contributed by atoms with Gasteiger partial charge in [-0.25, -0.2) is 20.0 Å². The largest absolute Gasteiger partial charge is 0.431 e. The van der Waals surface area contributed by atoms with Crippen molar-refractivity contribution >= 4 is 35.3 Å². The number of nitrogen functional groups attached to an aromatic ring is 1. The molecule has 2 heterocycles. The Morgan fingerprint density at radius 2 is 1.82 bits per heavy atom. The monoisotopic (exact) mass is 560 g/mol.